The van der Waals surface area contributed by atoms with Crippen LogP contribution in [0.15, 0.2) is 30.5 Å². The summed E-state index contributed by atoms with van der Waals surface area (Å²) in [7, 11) is 0. The largest absolute Gasteiger partial charge is 0.347 e. The van der Waals surface area contributed by atoms with Crippen molar-refractivity contribution in [2.45, 2.75) is 39.8 Å². The number of rotatable bonds is 4. The van der Waals surface area contributed by atoms with Crippen molar-refractivity contribution in [3.8, 4) is 0 Å². The molecule has 0 unspecified atom stereocenters. The van der Waals surface area contributed by atoms with Gasteiger partial charge in [-0.25, -0.2) is 9.78 Å². The Morgan fingerprint density at radius 1 is 1.25 bits per heavy atom. The van der Waals surface area contributed by atoms with Crippen molar-refractivity contribution in [2.75, 3.05) is 5.32 Å². The summed E-state index contributed by atoms with van der Waals surface area (Å²) < 4.78 is 0. The lowest BCUT2D eigenvalue weighted by Crippen LogP contribution is -2.40. The van der Waals surface area contributed by atoms with Crippen LogP contribution in [0.25, 0.3) is 0 Å². The van der Waals surface area contributed by atoms with Gasteiger partial charge in [0.2, 0.25) is 0 Å². The van der Waals surface area contributed by atoms with Crippen molar-refractivity contribution in [1.82, 2.24) is 15.6 Å². The Balaban J connectivity index is 1.93. The highest BCUT2D eigenvalue weighted by Gasteiger charge is 2.15. The van der Waals surface area contributed by atoms with Gasteiger partial charge in [0.25, 0.3) is 5.91 Å². The van der Waals surface area contributed by atoms with E-state index in [9.17, 15) is 9.59 Å². The minimum Gasteiger partial charge on any atom is -0.347 e. The minimum absolute atomic E-state index is 0.174. The van der Waals surface area contributed by atoms with Gasteiger partial charge in [-0.3, -0.25) is 4.79 Å². The molecule has 0 aliphatic rings. The van der Waals surface area contributed by atoms with Gasteiger partial charge in [-0.1, -0.05) is 6.07 Å². The quantitative estimate of drug-likeness (QED) is 0.794. The molecule has 24 heavy (non-hydrogen) atoms. The number of urea groups is 1. The average molecular weight is 346 g/mol. The van der Waals surface area contributed by atoms with Crippen LogP contribution in [0.2, 0.25) is 0 Å². The summed E-state index contributed by atoms with van der Waals surface area (Å²) in [6, 6.07) is 6.51. The van der Waals surface area contributed by atoms with E-state index in [1.165, 1.54) is 0 Å². The molecule has 128 valence electrons. The molecule has 7 heteroatoms. The van der Waals surface area contributed by atoms with Crippen LogP contribution in [0.4, 0.5) is 10.5 Å². The Labute approximate surface area is 145 Å². The first-order valence-corrected chi connectivity index (χ1v) is 8.43. The van der Waals surface area contributed by atoms with Crippen LogP contribution in [0.5, 0.6) is 0 Å². The van der Waals surface area contributed by atoms with Gasteiger partial charge in [-0.05, 0) is 45.9 Å². The summed E-state index contributed by atoms with van der Waals surface area (Å²) in [5, 5.41) is 9.35. The number of carbonyl (C=O) groups excluding carboxylic acids is 2. The second-order valence-electron chi connectivity index (χ2n) is 6.44. The second-order valence-corrected chi connectivity index (χ2v) is 7.76. The topological polar surface area (TPSA) is 83.1 Å². The van der Waals surface area contributed by atoms with Crippen molar-refractivity contribution in [2.24, 2.45) is 0 Å². The minimum atomic E-state index is -0.325. The summed E-state index contributed by atoms with van der Waals surface area (Å²) >= 11 is 1.54. The molecule has 0 spiro atoms. The number of aryl methyl sites for hydroxylation is 1. The van der Waals surface area contributed by atoms with Crippen molar-refractivity contribution < 1.29 is 9.59 Å². The number of hydrogen-bond donors (Lipinski definition) is 3. The van der Waals surface area contributed by atoms with Crippen molar-refractivity contribution in [3.63, 3.8) is 0 Å². The molecule has 2 rings (SSSR count). The molecule has 0 saturated carbocycles. The van der Waals surface area contributed by atoms with Gasteiger partial charge in [0.1, 0.15) is 0 Å². The predicted octanol–water partition coefficient (Wildman–Crippen LogP) is 3.30. The van der Waals surface area contributed by atoms with E-state index < -0.39 is 0 Å². The van der Waals surface area contributed by atoms with Gasteiger partial charge >= 0.3 is 6.03 Å². The molecule has 1 heterocycles. The third-order valence-corrected chi connectivity index (χ3v) is 3.88. The Hall–Kier alpha value is -2.41. The highest BCUT2D eigenvalue weighted by Crippen LogP contribution is 2.13. The molecule has 0 atom stereocenters. The normalized spacial score (nSPS) is 11.0. The molecule has 1 aromatic carbocycles. The maximum absolute atomic E-state index is 12.2. The Kier molecular flexibility index (Phi) is 5.56. The summed E-state index contributed by atoms with van der Waals surface area (Å²) in [5.74, 6) is -0.174. The fourth-order valence-corrected chi connectivity index (χ4v) is 2.72. The number of benzene rings is 1. The van der Waals surface area contributed by atoms with E-state index in [1.54, 1.807) is 41.8 Å². The summed E-state index contributed by atoms with van der Waals surface area (Å²) in [6.45, 7) is 8.09. The highest BCUT2D eigenvalue weighted by atomic mass is 32.1. The van der Waals surface area contributed by atoms with E-state index in [0.29, 0.717) is 17.8 Å². The van der Waals surface area contributed by atoms with Crippen molar-refractivity contribution in [1.29, 1.82) is 0 Å². The van der Waals surface area contributed by atoms with Gasteiger partial charge < -0.3 is 16.0 Å². The summed E-state index contributed by atoms with van der Waals surface area (Å²) in [5.41, 5.74) is 0.750. The second kappa shape index (κ2) is 7.44. The molecule has 0 radical (unpaired) electrons. The molecular formula is C17H22N4O2S. The van der Waals surface area contributed by atoms with Gasteiger partial charge in [0.15, 0.2) is 0 Å². The molecule has 0 bridgehead atoms. The Bertz CT molecular complexity index is 734. The predicted molar refractivity (Wildman–Crippen MR) is 96.4 cm³/mol. The molecule has 3 N–H and O–H groups in total. The van der Waals surface area contributed by atoms with E-state index in [1.807, 2.05) is 27.7 Å². The maximum Gasteiger partial charge on any atom is 0.319 e. The first kappa shape index (κ1) is 17.9. The van der Waals surface area contributed by atoms with Crippen molar-refractivity contribution in [3.05, 3.63) is 45.9 Å². The van der Waals surface area contributed by atoms with Crippen LogP contribution in [0, 0.1) is 6.92 Å². The molecule has 2 aromatic rings. The number of carbonyl (C=O) groups is 2. The third kappa shape index (κ3) is 5.66. The molecule has 6 nitrogen and oxygen atoms in total. The number of aromatic nitrogens is 1. The standard InChI is InChI=1S/C17H22N4O2S/c1-11-18-9-14(24-11)10-19-16(23)20-13-7-5-6-12(8-13)15(22)21-17(2,3)4/h5-9H,10H2,1-4H3,(H,21,22)(H2,19,20,23). The number of amides is 3. The van der Waals surface area contributed by atoms with Crippen LogP contribution in [-0.2, 0) is 6.54 Å². The van der Waals surface area contributed by atoms with Crippen LogP contribution < -0.4 is 16.0 Å². The summed E-state index contributed by atoms with van der Waals surface area (Å²) in [4.78, 5) is 29.3. The SMILES string of the molecule is Cc1ncc(CNC(=O)Nc2cccc(C(=O)NC(C)(C)C)c2)s1. The number of nitrogens with zero attached hydrogens (tertiary/aromatic N) is 1. The lowest BCUT2D eigenvalue weighted by Gasteiger charge is -2.20. The molecular weight excluding hydrogens is 324 g/mol. The number of nitrogens with one attached hydrogen (secondary N) is 3. The fourth-order valence-electron chi connectivity index (χ4n) is 1.98. The first-order valence-electron chi connectivity index (χ1n) is 7.62. The molecule has 3 amide bonds. The van der Waals surface area contributed by atoms with E-state index in [-0.39, 0.29) is 17.5 Å². The lowest BCUT2D eigenvalue weighted by atomic mass is 10.1. The third-order valence-electron chi connectivity index (χ3n) is 2.96. The lowest BCUT2D eigenvalue weighted by molar-refractivity contribution is 0.0919. The molecule has 1 aromatic heterocycles. The van der Waals surface area contributed by atoms with Crippen LogP contribution in [0.1, 0.15) is 41.0 Å². The Morgan fingerprint density at radius 3 is 2.62 bits per heavy atom. The van der Waals surface area contributed by atoms with Crippen molar-refractivity contribution >= 4 is 29.0 Å². The smallest absolute Gasteiger partial charge is 0.319 e. The molecule has 0 saturated heterocycles. The number of anilines is 1. The fraction of sp³-hybridized carbons (Fsp3) is 0.353. The van der Waals surface area contributed by atoms with Crippen LogP contribution in [0.3, 0.4) is 0 Å². The zero-order valence-electron chi connectivity index (χ0n) is 14.3. The van der Waals surface area contributed by atoms with E-state index >= 15 is 0 Å². The Morgan fingerprint density at radius 2 is 2.00 bits per heavy atom. The maximum atomic E-state index is 12.2. The van der Waals surface area contributed by atoms with E-state index in [2.05, 4.69) is 20.9 Å². The summed E-state index contributed by atoms with van der Waals surface area (Å²) in [6.07, 6.45) is 1.75. The average Bonchev–Trinajstić information content (AvgIpc) is 2.89. The monoisotopic (exact) mass is 346 g/mol. The van der Waals surface area contributed by atoms with Gasteiger partial charge in [0, 0.05) is 27.9 Å². The van der Waals surface area contributed by atoms with E-state index in [0.717, 1.165) is 9.88 Å². The number of hydrogen-bond acceptors (Lipinski definition) is 4. The zero-order chi connectivity index (χ0) is 17.7. The van der Waals surface area contributed by atoms with Crippen LogP contribution in [-0.4, -0.2) is 22.5 Å². The van der Waals surface area contributed by atoms with Gasteiger partial charge in [-0.2, -0.15) is 0 Å². The number of thiazole rings is 1. The van der Waals surface area contributed by atoms with E-state index in [4.69, 9.17) is 0 Å². The first-order chi connectivity index (χ1) is 11.2. The van der Waals surface area contributed by atoms with Crippen LogP contribution >= 0.6 is 11.3 Å². The highest BCUT2D eigenvalue weighted by molar-refractivity contribution is 7.11. The van der Waals surface area contributed by atoms with Gasteiger partial charge in [-0.15, -0.1) is 11.3 Å². The molecule has 0 aliphatic carbocycles. The zero-order valence-corrected chi connectivity index (χ0v) is 15.1. The molecule has 0 fully saturated rings. The van der Waals surface area contributed by atoms with Gasteiger partial charge in [0.05, 0.1) is 11.6 Å². The molecule has 0 aliphatic heterocycles.